The second kappa shape index (κ2) is 8.46. The molecule has 0 aliphatic heterocycles. The first-order valence-electron chi connectivity index (χ1n) is 7.15. The molecule has 1 rings (SSSR count). The summed E-state index contributed by atoms with van der Waals surface area (Å²) >= 11 is 0. The summed E-state index contributed by atoms with van der Waals surface area (Å²) in [6, 6.07) is 0. The fraction of sp³-hybridized carbons (Fsp3) is 0.769. The molecule has 0 atom stereocenters. The molecule has 21 heavy (non-hydrogen) atoms. The third kappa shape index (κ3) is 4.89. The lowest BCUT2D eigenvalue weighted by Crippen LogP contribution is -2.50. The number of nitrogens with two attached hydrogens (primary N) is 2. The predicted octanol–water partition coefficient (Wildman–Crippen LogP) is -0.308. The molecule has 8 heteroatoms. The smallest absolute Gasteiger partial charge is 0.243 e. The van der Waals surface area contributed by atoms with Crippen LogP contribution in [0.25, 0.3) is 0 Å². The van der Waals surface area contributed by atoms with E-state index in [0.717, 1.165) is 25.7 Å². The molecule has 0 bridgehead atoms. The fourth-order valence-corrected chi connectivity index (χ4v) is 2.61. The lowest BCUT2D eigenvalue weighted by Gasteiger charge is -2.29. The van der Waals surface area contributed by atoms with Crippen LogP contribution < -0.4 is 16.8 Å². The van der Waals surface area contributed by atoms with Gasteiger partial charge in [0.2, 0.25) is 11.8 Å². The highest BCUT2D eigenvalue weighted by molar-refractivity contribution is 6.06. The van der Waals surface area contributed by atoms with E-state index in [4.69, 9.17) is 21.4 Å². The van der Waals surface area contributed by atoms with Gasteiger partial charge in [-0.3, -0.25) is 9.59 Å². The van der Waals surface area contributed by atoms with Crippen LogP contribution in [-0.2, 0) is 14.3 Å². The number of carbonyl (C=O) groups is 2. The van der Waals surface area contributed by atoms with Gasteiger partial charge in [-0.25, -0.2) is 0 Å². The lowest BCUT2D eigenvalue weighted by molar-refractivity contribution is -0.128. The maximum Gasteiger partial charge on any atom is 0.243 e. The van der Waals surface area contributed by atoms with Crippen LogP contribution in [0.4, 0.5) is 0 Å². The molecule has 0 aromatic heterocycles. The number of amidine groups is 1. The average molecular weight is 300 g/mol. The SMILES string of the molecule is NC(=O)COCCNC(=O)C1(C(N)=NO)CCCCCC1. The number of hydrogen-bond donors (Lipinski definition) is 4. The van der Waals surface area contributed by atoms with Crippen LogP contribution in [0.5, 0.6) is 0 Å². The average Bonchev–Trinajstić information content (AvgIpc) is 2.72. The molecule has 0 unspecified atom stereocenters. The minimum absolute atomic E-state index is 0.0417. The van der Waals surface area contributed by atoms with Gasteiger partial charge in [-0.15, -0.1) is 0 Å². The normalized spacial score (nSPS) is 18.8. The van der Waals surface area contributed by atoms with E-state index in [1.165, 1.54) is 0 Å². The first-order valence-corrected chi connectivity index (χ1v) is 7.15. The summed E-state index contributed by atoms with van der Waals surface area (Å²) in [7, 11) is 0. The summed E-state index contributed by atoms with van der Waals surface area (Å²) < 4.78 is 4.98. The molecule has 1 aliphatic carbocycles. The molecular formula is C13H24N4O4. The lowest BCUT2D eigenvalue weighted by atomic mass is 9.78. The zero-order valence-corrected chi connectivity index (χ0v) is 12.1. The number of nitrogens with zero attached hydrogens (tertiary/aromatic N) is 1. The van der Waals surface area contributed by atoms with Crippen molar-refractivity contribution < 1.29 is 19.5 Å². The molecule has 0 spiro atoms. The van der Waals surface area contributed by atoms with Crippen LogP contribution in [-0.4, -0.2) is 42.6 Å². The second-order valence-corrected chi connectivity index (χ2v) is 5.26. The Balaban J connectivity index is 2.58. The maximum absolute atomic E-state index is 12.4. The number of ether oxygens (including phenoxy) is 1. The van der Waals surface area contributed by atoms with E-state index in [2.05, 4.69) is 10.5 Å². The molecular weight excluding hydrogens is 276 g/mol. The monoisotopic (exact) mass is 300 g/mol. The number of amides is 2. The van der Waals surface area contributed by atoms with Gasteiger partial charge in [-0.1, -0.05) is 30.8 Å². The summed E-state index contributed by atoms with van der Waals surface area (Å²) in [6.07, 6.45) is 4.93. The molecule has 1 saturated carbocycles. The van der Waals surface area contributed by atoms with Gasteiger partial charge in [0.15, 0.2) is 5.84 Å². The van der Waals surface area contributed by atoms with E-state index >= 15 is 0 Å². The van der Waals surface area contributed by atoms with Crippen LogP contribution in [0.3, 0.4) is 0 Å². The van der Waals surface area contributed by atoms with Gasteiger partial charge in [0.05, 0.1) is 6.61 Å². The molecule has 0 aromatic rings. The minimum atomic E-state index is -0.949. The summed E-state index contributed by atoms with van der Waals surface area (Å²) in [4.78, 5) is 23.0. The molecule has 0 heterocycles. The van der Waals surface area contributed by atoms with Crippen molar-refractivity contribution in [3.05, 3.63) is 0 Å². The number of nitrogens with one attached hydrogen (secondary N) is 1. The van der Waals surface area contributed by atoms with E-state index in [9.17, 15) is 9.59 Å². The van der Waals surface area contributed by atoms with Gasteiger partial charge in [-0.05, 0) is 12.8 Å². The van der Waals surface area contributed by atoms with Crippen molar-refractivity contribution in [2.45, 2.75) is 38.5 Å². The highest BCUT2D eigenvalue weighted by atomic mass is 16.5. The fourth-order valence-electron chi connectivity index (χ4n) is 2.61. The largest absolute Gasteiger partial charge is 0.409 e. The van der Waals surface area contributed by atoms with E-state index in [1.54, 1.807) is 0 Å². The summed E-state index contributed by atoms with van der Waals surface area (Å²) in [5.41, 5.74) is 9.76. The Hall–Kier alpha value is -1.83. The van der Waals surface area contributed by atoms with Crippen LogP contribution in [0.2, 0.25) is 0 Å². The van der Waals surface area contributed by atoms with Crippen molar-refractivity contribution >= 4 is 17.6 Å². The number of rotatable bonds is 7. The number of primary amides is 1. The third-order valence-corrected chi connectivity index (χ3v) is 3.77. The van der Waals surface area contributed by atoms with Gasteiger partial charge in [0.25, 0.3) is 0 Å². The van der Waals surface area contributed by atoms with E-state index in [-0.39, 0.29) is 31.5 Å². The first-order chi connectivity index (χ1) is 10.0. The Morgan fingerprint density at radius 3 is 2.33 bits per heavy atom. The highest BCUT2D eigenvalue weighted by Gasteiger charge is 2.42. The Kier molecular flexibility index (Phi) is 6.93. The van der Waals surface area contributed by atoms with Crippen LogP contribution in [0.15, 0.2) is 5.16 Å². The molecule has 0 saturated heterocycles. The number of carbonyl (C=O) groups excluding carboxylic acids is 2. The summed E-state index contributed by atoms with van der Waals surface area (Å²) in [6.45, 7) is 0.245. The molecule has 120 valence electrons. The van der Waals surface area contributed by atoms with Crippen LogP contribution >= 0.6 is 0 Å². The van der Waals surface area contributed by atoms with Crippen molar-refractivity contribution in [1.29, 1.82) is 0 Å². The topological polar surface area (TPSA) is 140 Å². The van der Waals surface area contributed by atoms with Gasteiger partial charge >= 0.3 is 0 Å². The zero-order valence-electron chi connectivity index (χ0n) is 12.1. The molecule has 0 aromatic carbocycles. The zero-order chi connectivity index (χ0) is 15.7. The highest BCUT2D eigenvalue weighted by Crippen LogP contribution is 2.35. The quantitative estimate of drug-likeness (QED) is 0.127. The van der Waals surface area contributed by atoms with Crippen molar-refractivity contribution in [3.8, 4) is 0 Å². The maximum atomic E-state index is 12.4. The summed E-state index contributed by atoms with van der Waals surface area (Å²) in [5.74, 6) is -0.861. The van der Waals surface area contributed by atoms with E-state index in [1.807, 2.05) is 0 Å². The van der Waals surface area contributed by atoms with Gasteiger partial charge < -0.3 is 26.7 Å². The molecule has 6 N–H and O–H groups in total. The molecule has 2 amide bonds. The van der Waals surface area contributed by atoms with Gasteiger partial charge in [-0.2, -0.15) is 0 Å². The second-order valence-electron chi connectivity index (χ2n) is 5.26. The van der Waals surface area contributed by atoms with Gasteiger partial charge in [0.1, 0.15) is 12.0 Å². The standard InChI is InChI=1S/C13H24N4O4/c14-10(18)9-21-8-7-16-12(19)13(11(15)17-20)5-3-1-2-4-6-13/h20H,1-9H2,(H2,14,18)(H2,15,17)(H,16,19). The minimum Gasteiger partial charge on any atom is -0.409 e. The molecule has 1 aliphatic rings. The molecule has 0 radical (unpaired) electrons. The Bertz CT molecular complexity index is 390. The third-order valence-electron chi connectivity index (χ3n) is 3.77. The predicted molar refractivity (Wildman–Crippen MR) is 76.6 cm³/mol. The van der Waals surface area contributed by atoms with Crippen molar-refractivity contribution in [2.75, 3.05) is 19.8 Å². The first kappa shape index (κ1) is 17.2. The van der Waals surface area contributed by atoms with Gasteiger partial charge in [0, 0.05) is 6.54 Å². The molecule has 1 fully saturated rings. The number of hydrogen-bond acceptors (Lipinski definition) is 5. The molecule has 8 nitrogen and oxygen atoms in total. The Labute approximate surface area is 123 Å². The van der Waals surface area contributed by atoms with Crippen molar-refractivity contribution in [1.82, 2.24) is 5.32 Å². The van der Waals surface area contributed by atoms with E-state index < -0.39 is 11.3 Å². The Morgan fingerprint density at radius 1 is 1.19 bits per heavy atom. The number of oxime groups is 1. The van der Waals surface area contributed by atoms with Crippen molar-refractivity contribution in [2.24, 2.45) is 22.0 Å². The van der Waals surface area contributed by atoms with Crippen LogP contribution in [0, 0.1) is 5.41 Å². The van der Waals surface area contributed by atoms with E-state index in [0.29, 0.717) is 12.8 Å². The van der Waals surface area contributed by atoms with Crippen LogP contribution in [0.1, 0.15) is 38.5 Å². The Morgan fingerprint density at radius 2 is 1.81 bits per heavy atom. The van der Waals surface area contributed by atoms with Crippen molar-refractivity contribution in [3.63, 3.8) is 0 Å². The summed E-state index contributed by atoms with van der Waals surface area (Å²) in [5, 5.41) is 14.7.